The number of hydrogen-bond acceptors (Lipinski definition) is 5. The minimum Gasteiger partial charge on any atom is -0.395 e. The number of rotatable bonds is 4. The summed E-state index contributed by atoms with van der Waals surface area (Å²) < 4.78 is 0. The van der Waals surface area contributed by atoms with Crippen molar-refractivity contribution in [2.45, 2.75) is 0 Å². The van der Waals surface area contributed by atoms with Crippen molar-refractivity contribution < 1.29 is 9.90 Å². The van der Waals surface area contributed by atoms with Gasteiger partial charge >= 0.3 is 0 Å². The van der Waals surface area contributed by atoms with Crippen LogP contribution in [0.1, 0.15) is 10.5 Å². The fourth-order valence-electron chi connectivity index (χ4n) is 0.731. The van der Waals surface area contributed by atoms with Crippen LogP contribution in [0.2, 0.25) is 0 Å². The summed E-state index contributed by atoms with van der Waals surface area (Å²) in [5.41, 5.74) is 5.08. The van der Waals surface area contributed by atoms with E-state index >= 15 is 0 Å². The second-order valence-corrected chi connectivity index (χ2v) is 2.30. The minimum absolute atomic E-state index is 0.0131. The number of carbonyl (C=O) groups is 1. The summed E-state index contributed by atoms with van der Waals surface area (Å²) in [6, 6.07) is 0. The van der Waals surface area contributed by atoms with Gasteiger partial charge in [-0.25, -0.2) is 9.97 Å². The van der Waals surface area contributed by atoms with Gasteiger partial charge < -0.3 is 16.2 Å². The van der Waals surface area contributed by atoms with Crippen molar-refractivity contribution in [3.8, 4) is 0 Å². The molecule has 6 nitrogen and oxygen atoms in total. The second-order valence-electron chi connectivity index (χ2n) is 2.30. The van der Waals surface area contributed by atoms with E-state index in [-0.39, 0.29) is 12.3 Å². The number of aliphatic hydroxyl groups is 1. The van der Waals surface area contributed by atoms with Gasteiger partial charge in [0.05, 0.1) is 19.0 Å². The van der Waals surface area contributed by atoms with E-state index in [2.05, 4.69) is 15.3 Å². The Labute approximate surface area is 74.8 Å². The fourth-order valence-corrected chi connectivity index (χ4v) is 0.731. The van der Waals surface area contributed by atoms with Gasteiger partial charge in [0.25, 0.3) is 5.91 Å². The van der Waals surface area contributed by atoms with Crippen molar-refractivity contribution in [3.63, 3.8) is 0 Å². The number of carbonyl (C=O) groups excluding carboxylic acids is 1. The first kappa shape index (κ1) is 9.40. The van der Waals surface area contributed by atoms with Gasteiger partial charge in [-0.05, 0) is 0 Å². The predicted octanol–water partition coefficient (Wildman–Crippen LogP) is -1.02. The van der Waals surface area contributed by atoms with Gasteiger partial charge in [-0.1, -0.05) is 0 Å². The first-order chi connectivity index (χ1) is 6.24. The number of aromatic nitrogens is 2. The molecule has 0 aliphatic carbocycles. The Bertz CT molecular complexity index is 285. The van der Waals surface area contributed by atoms with E-state index in [0.29, 0.717) is 12.4 Å². The van der Waals surface area contributed by atoms with Crippen LogP contribution in [-0.2, 0) is 0 Å². The largest absolute Gasteiger partial charge is 0.395 e. The molecule has 13 heavy (non-hydrogen) atoms. The Kier molecular flexibility index (Phi) is 3.15. The van der Waals surface area contributed by atoms with Crippen molar-refractivity contribution in [1.82, 2.24) is 9.97 Å². The molecule has 0 aromatic carbocycles. The lowest BCUT2D eigenvalue weighted by atomic mass is 10.4. The van der Waals surface area contributed by atoms with Crippen LogP contribution >= 0.6 is 0 Å². The van der Waals surface area contributed by atoms with E-state index < -0.39 is 5.91 Å². The van der Waals surface area contributed by atoms with Crippen LogP contribution < -0.4 is 11.1 Å². The Morgan fingerprint density at radius 2 is 2.31 bits per heavy atom. The number of aliphatic hydroxyl groups excluding tert-OH is 1. The molecule has 0 saturated carbocycles. The summed E-state index contributed by atoms with van der Waals surface area (Å²) in [5.74, 6) is -0.111. The Hall–Kier alpha value is -1.69. The third kappa shape index (κ3) is 2.68. The molecule has 1 rings (SSSR count). The monoisotopic (exact) mass is 182 g/mol. The van der Waals surface area contributed by atoms with E-state index in [9.17, 15) is 4.79 Å². The molecule has 6 heteroatoms. The molecule has 1 aromatic heterocycles. The standard InChI is InChI=1S/C7H10N4O2/c8-7(13)5-3-11-6(4-10-5)9-1-2-12/h3-4,12H,1-2H2,(H2,8,13)(H,9,11). The van der Waals surface area contributed by atoms with Crippen molar-refractivity contribution in [1.29, 1.82) is 0 Å². The smallest absolute Gasteiger partial charge is 0.268 e. The van der Waals surface area contributed by atoms with E-state index in [0.717, 1.165) is 0 Å². The average molecular weight is 182 g/mol. The molecule has 0 spiro atoms. The average Bonchev–Trinajstić information content (AvgIpc) is 2.15. The number of nitrogens with one attached hydrogen (secondary N) is 1. The molecule has 0 aliphatic rings. The second kappa shape index (κ2) is 4.36. The number of amides is 1. The van der Waals surface area contributed by atoms with Gasteiger partial charge in [0.1, 0.15) is 11.5 Å². The molecular weight excluding hydrogens is 172 g/mol. The van der Waals surface area contributed by atoms with Gasteiger partial charge in [-0.15, -0.1) is 0 Å². The molecule has 0 saturated heterocycles. The molecule has 0 bridgehead atoms. The van der Waals surface area contributed by atoms with Gasteiger partial charge in [0.2, 0.25) is 0 Å². The Morgan fingerprint density at radius 3 is 2.77 bits per heavy atom. The molecule has 0 radical (unpaired) electrons. The third-order valence-electron chi connectivity index (χ3n) is 1.32. The Balaban J connectivity index is 2.64. The van der Waals surface area contributed by atoms with Gasteiger partial charge in [-0.3, -0.25) is 4.79 Å². The predicted molar refractivity (Wildman–Crippen MR) is 46.1 cm³/mol. The third-order valence-corrected chi connectivity index (χ3v) is 1.32. The maximum atomic E-state index is 10.6. The van der Waals surface area contributed by atoms with Crippen molar-refractivity contribution in [2.24, 2.45) is 5.73 Å². The van der Waals surface area contributed by atoms with Crippen LogP contribution in [0.4, 0.5) is 5.82 Å². The molecule has 1 amide bonds. The summed E-state index contributed by atoms with van der Waals surface area (Å²) in [6.07, 6.45) is 2.66. The molecule has 1 aromatic rings. The van der Waals surface area contributed by atoms with Gasteiger partial charge in [0, 0.05) is 6.54 Å². The van der Waals surface area contributed by atoms with E-state index in [1.165, 1.54) is 12.4 Å². The molecule has 4 N–H and O–H groups in total. The summed E-state index contributed by atoms with van der Waals surface area (Å²) >= 11 is 0. The highest BCUT2D eigenvalue weighted by atomic mass is 16.3. The summed E-state index contributed by atoms with van der Waals surface area (Å²) in [7, 11) is 0. The molecule has 1 heterocycles. The maximum Gasteiger partial charge on any atom is 0.268 e. The van der Waals surface area contributed by atoms with Crippen LogP contribution in [0.5, 0.6) is 0 Å². The van der Waals surface area contributed by atoms with Crippen molar-refractivity contribution in [3.05, 3.63) is 18.1 Å². The maximum absolute atomic E-state index is 10.6. The highest BCUT2D eigenvalue weighted by Crippen LogP contribution is 1.99. The van der Waals surface area contributed by atoms with Crippen LogP contribution in [0.3, 0.4) is 0 Å². The van der Waals surface area contributed by atoms with Crippen LogP contribution in [0.25, 0.3) is 0 Å². The normalized spacial score (nSPS) is 9.62. The number of primary amides is 1. The lowest BCUT2D eigenvalue weighted by Crippen LogP contribution is -2.14. The number of anilines is 1. The lowest BCUT2D eigenvalue weighted by Gasteiger charge is -2.01. The van der Waals surface area contributed by atoms with Crippen LogP contribution in [0, 0.1) is 0 Å². The van der Waals surface area contributed by atoms with E-state index in [4.69, 9.17) is 10.8 Å². The first-order valence-electron chi connectivity index (χ1n) is 3.70. The molecule has 0 atom stereocenters. The fraction of sp³-hybridized carbons (Fsp3) is 0.286. The Morgan fingerprint density at radius 1 is 1.54 bits per heavy atom. The number of nitrogens with zero attached hydrogens (tertiary/aromatic N) is 2. The van der Waals surface area contributed by atoms with E-state index in [1.54, 1.807) is 0 Å². The lowest BCUT2D eigenvalue weighted by molar-refractivity contribution is 0.0995. The van der Waals surface area contributed by atoms with Gasteiger partial charge in [-0.2, -0.15) is 0 Å². The quantitative estimate of drug-likeness (QED) is 0.553. The summed E-state index contributed by atoms with van der Waals surface area (Å²) in [5, 5.41) is 11.3. The highest BCUT2D eigenvalue weighted by Gasteiger charge is 2.01. The molecular formula is C7H10N4O2. The summed E-state index contributed by atoms with van der Waals surface area (Å²) in [4.78, 5) is 18.2. The molecule has 0 aliphatic heterocycles. The summed E-state index contributed by atoms with van der Waals surface area (Å²) in [6.45, 7) is 0.407. The van der Waals surface area contributed by atoms with Crippen LogP contribution in [0.15, 0.2) is 12.4 Å². The zero-order valence-electron chi connectivity index (χ0n) is 6.90. The zero-order chi connectivity index (χ0) is 9.68. The van der Waals surface area contributed by atoms with Gasteiger partial charge in [0.15, 0.2) is 0 Å². The number of nitrogens with two attached hydrogens (primary N) is 1. The number of hydrogen-bond donors (Lipinski definition) is 3. The molecule has 0 unspecified atom stereocenters. The topological polar surface area (TPSA) is 101 Å². The highest BCUT2D eigenvalue weighted by molar-refractivity contribution is 5.90. The molecule has 0 fully saturated rings. The van der Waals surface area contributed by atoms with E-state index in [1.807, 2.05) is 0 Å². The first-order valence-corrected chi connectivity index (χ1v) is 3.70. The molecule has 70 valence electrons. The minimum atomic E-state index is -0.610. The zero-order valence-corrected chi connectivity index (χ0v) is 6.90. The van der Waals surface area contributed by atoms with Crippen LogP contribution in [-0.4, -0.2) is 34.1 Å². The van der Waals surface area contributed by atoms with Crippen molar-refractivity contribution in [2.75, 3.05) is 18.5 Å². The SMILES string of the molecule is NC(=O)c1cnc(NCCO)cn1. The van der Waals surface area contributed by atoms with Crippen molar-refractivity contribution >= 4 is 11.7 Å².